The molecule has 1 heterocycles. The van der Waals surface area contributed by atoms with Crippen molar-refractivity contribution in [2.45, 2.75) is 58.7 Å². The van der Waals surface area contributed by atoms with Crippen LogP contribution >= 0.6 is 0 Å². The van der Waals surface area contributed by atoms with Crippen LogP contribution in [0.25, 0.3) is 0 Å². The molecule has 0 aromatic carbocycles. The number of nitrogens with one attached hydrogen (secondary N) is 1. The fourth-order valence-electron chi connectivity index (χ4n) is 2.27. The Kier molecular flexibility index (Phi) is 5.62. The second-order valence-electron chi connectivity index (χ2n) is 6.59. The quantitative estimate of drug-likeness (QED) is 0.798. The minimum Gasteiger partial charge on any atom is -0.444 e. The zero-order chi connectivity index (χ0) is 14.6. The van der Waals surface area contributed by atoms with Crippen LogP contribution in [0.15, 0.2) is 0 Å². The van der Waals surface area contributed by atoms with Crippen LogP contribution in [-0.2, 0) is 4.74 Å². The van der Waals surface area contributed by atoms with Crippen molar-refractivity contribution in [1.29, 1.82) is 0 Å². The van der Waals surface area contributed by atoms with Gasteiger partial charge in [0.25, 0.3) is 0 Å². The number of aliphatic hydroxyl groups is 1. The lowest BCUT2D eigenvalue weighted by molar-refractivity contribution is -0.00868. The van der Waals surface area contributed by atoms with E-state index in [1.165, 1.54) is 0 Å². The summed E-state index contributed by atoms with van der Waals surface area (Å²) < 4.78 is 5.33. The van der Waals surface area contributed by atoms with E-state index < -0.39 is 5.60 Å². The predicted octanol–water partition coefficient (Wildman–Crippen LogP) is 1.60. The van der Waals surface area contributed by atoms with Gasteiger partial charge in [-0.3, -0.25) is 0 Å². The van der Waals surface area contributed by atoms with Gasteiger partial charge in [-0.15, -0.1) is 0 Å². The molecule has 1 amide bonds. The molecule has 1 aliphatic heterocycles. The molecular weight excluding hydrogens is 244 g/mol. The molecule has 0 bridgehead atoms. The lowest BCUT2D eigenvalue weighted by Crippen LogP contribution is -2.59. The average Bonchev–Trinajstić information content (AvgIpc) is 2.10. The maximum atomic E-state index is 11.8. The predicted molar refractivity (Wildman–Crippen MR) is 75.1 cm³/mol. The Labute approximate surface area is 116 Å². The molecule has 1 aliphatic rings. The first-order valence-electron chi connectivity index (χ1n) is 7.07. The highest BCUT2D eigenvalue weighted by molar-refractivity contribution is 5.69. The van der Waals surface area contributed by atoms with Crippen LogP contribution in [0, 0.1) is 5.92 Å². The van der Waals surface area contributed by atoms with Crippen molar-refractivity contribution in [1.82, 2.24) is 10.2 Å². The van der Waals surface area contributed by atoms with Crippen molar-refractivity contribution < 1.29 is 14.6 Å². The molecule has 0 spiro atoms. The van der Waals surface area contributed by atoms with Crippen molar-refractivity contribution in [2.75, 3.05) is 19.7 Å². The van der Waals surface area contributed by atoms with Gasteiger partial charge in [-0.05, 0) is 27.2 Å². The second-order valence-corrected chi connectivity index (χ2v) is 6.59. The first kappa shape index (κ1) is 16.2. The molecule has 5 heteroatoms. The average molecular weight is 272 g/mol. The van der Waals surface area contributed by atoms with Crippen LogP contribution in [0.1, 0.15) is 41.0 Å². The normalized spacial score (nSPS) is 18.4. The molecule has 0 aromatic heterocycles. The summed E-state index contributed by atoms with van der Waals surface area (Å²) in [7, 11) is 0. The third-order valence-electron chi connectivity index (χ3n) is 3.12. The van der Waals surface area contributed by atoms with Gasteiger partial charge in [-0.25, -0.2) is 4.79 Å². The lowest BCUT2D eigenvalue weighted by atomic mass is 9.89. The van der Waals surface area contributed by atoms with Gasteiger partial charge >= 0.3 is 6.09 Å². The molecule has 1 unspecified atom stereocenters. The molecule has 112 valence electrons. The zero-order valence-electron chi connectivity index (χ0n) is 12.8. The summed E-state index contributed by atoms with van der Waals surface area (Å²) in [4.78, 5) is 13.5. The Hall–Kier alpha value is -0.810. The number of hydrogen-bond acceptors (Lipinski definition) is 4. The molecule has 0 aromatic rings. The summed E-state index contributed by atoms with van der Waals surface area (Å²) in [6.07, 6.45) is 0.487. The SMILES string of the molecule is CC(C)NC(CCO)C1CN(C(=O)OC(C)(C)C)C1. The van der Waals surface area contributed by atoms with Gasteiger partial charge in [0.1, 0.15) is 5.60 Å². The van der Waals surface area contributed by atoms with E-state index in [1.54, 1.807) is 4.90 Å². The molecule has 5 nitrogen and oxygen atoms in total. The van der Waals surface area contributed by atoms with Crippen molar-refractivity contribution in [3.8, 4) is 0 Å². The highest BCUT2D eigenvalue weighted by Gasteiger charge is 2.37. The standard InChI is InChI=1S/C14H28N2O3/c1-10(2)15-12(6-7-17)11-8-16(9-11)13(18)19-14(3,4)5/h10-12,15,17H,6-9H2,1-5H3. The van der Waals surface area contributed by atoms with E-state index in [9.17, 15) is 4.79 Å². The minimum atomic E-state index is -0.442. The Balaban J connectivity index is 2.40. The summed E-state index contributed by atoms with van der Waals surface area (Å²) in [5.74, 6) is 0.405. The van der Waals surface area contributed by atoms with Gasteiger partial charge < -0.3 is 20.1 Å². The highest BCUT2D eigenvalue weighted by Crippen LogP contribution is 2.23. The number of likely N-dealkylation sites (tertiary alicyclic amines) is 1. The van der Waals surface area contributed by atoms with E-state index in [-0.39, 0.29) is 18.7 Å². The molecule has 1 fully saturated rings. The highest BCUT2D eigenvalue weighted by atomic mass is 16.6. The van der Waals surface area contributed by atoms with Crippen LogP contribution in [0.5, 0.6) is 0 Å². The second kappa shape index (κ2) is 6.57. The van der Waals surface area contributed by atoms with Gasteiger partial charge in [0.05, 0.1) is 0 Å². The van der Waals surface area contributed by atoms with Crippen LogP contribution < -0.4 is 5.32 Å². The monoisotopic (exact) mass is 272 g/mol. The van der Waals surface area contributed by atoms with Gasteiger partial charge in [-0.1, -0.05) is 13.8 Å². The number of carbonyl (C=O) groups is 1. The molecule has 1 saturated heterocycles. The summed E-state index contributed by atoms with van der Waals surface area (Å²) in [5, 5.41) is 12.6. The van der Waals surface area contributed by atoms with Crippen LogP contribution in [-0.4, -0.2) is 53.5 Å². The fourth-order valence-corrected chi connectivity index (χ4v) is 2.27. The van der Waals surface area contributed by atoms with Crippen molar-refractivity contribution >= 4 is 6.09 Å². The lowest BCUT2D eigenvalue weighted by Gasteiger charge is -2.44. The fraction of sp³-hybridized carbons (Fsp3) is 0.929. The molecule has 1 rings (SSSR count). The Morgan fingerprint density at radius 2 is 2.00 bits per heavy atom. The maximum Gasteiger partial charge on any atom is 0.410 e. The smallest absolute Gasteiger partial charge is 0.410 e. The molecule has 0 aliphatic carbocycles. The first-order valence-corrected chi connectivity index (χ1v) is 7.07. The van der Waals surface area contributed by atoms with Crippen molar-refractivity contribution in [3.05, 3.63) is 0 Å². The number of carbonyl (C=O) groups excluding carboxylic acids is 1. The number of rotatable bonds is 5. The van der Waals surface area contributed by atoms with Crippen LogP contribution in [0.3, 0.4) is 0 Å². The van der Waals surface area contributed by atoms with Crippen molar-refractivity contribution in [2.24, 2.45) is 5.92 Å². The largest absolute Gasteiger partial charge is 0.444 e. The number of ether oxygens (including phenoxy) is 1. The number of amides is 1. The minimum absolute atomic E-state index is 0.174. The topological polar surface area (TPSA) is 61.8 Å². The first-order chi connectivity index (χ1) is 8.73. The Morgan fingerprint density at radius 3 is 2.42 bits per heavy atom. The van der Waals surface area contributed by atoms with Crippen molar-refractivity contribution in [3.63, 3.8) is 0 Å². The van der Waals surface area contributed by atoms with Gasteiger partial charge in [0.2, 0.25) is 0 Å². The van der Waals surface area contributed by atoms with E-state index in [0.717, 1.165) is 6.42 Å². The Morgan fingerprint density at radius 1 is 1.42 bits per heavy atom. The van der Waals surface area contributed by atoms with Gasteiger partial charge in [-0.2, -0.15) is 0 Å². The summed E-state index contributed by atoms with van der Waals surface area (Å²) in [6, 6.07) is 0.649. The van der Waals surface area contributed by atoms with E-state index in [1.807, 2.05) is 20.8 Å². The van der Waals surface area contributed by atoms with E-state index in [2.05, 4.69) is 19.2 Å². The molecule has 19 heavy (non-hydrogen) atoms. The molecule has 0 radical (unpaired) electrons. The molecular formula is C14H28N2O3. The molecule has 1 atom stereocenters. The zero-order valence-corrected chi connectivity index (χ0v) is 12.8. The van der Waals surface area contributed by atoms with Gasteiger partial charge in [0, 0.05) is 37.7 Å². The third-order valence-corrected chi connectivity index (χ3v) is 3.12. The van der Waals surface area contributed by atoms with E-state index >= 15 is 0 Å². The molecule has 0 saturated carbocycles. The van der Waals surface area contributed by atoms with Crippen LogP contribution in [0.4, 0.5) is 4.79 Å². The summed E-state index contributed by atoms with van der Waals surface area (Å²) in [5.41, 5.74) is -0.442. The van der Waals surface area contributed by atoms with E-state index in [4.69, 9.17) is 9.84 Å². The number of nitrogens with zero attached hydrogens (tertiary/aromatic N) is 1. The number of hydrogen-bond donors (Lipinski definition) is 2. The number of aliphatic hydroxyl groups excluding tert-OH is 1. The summed E-state index contributed by atoms with van der Waals surface area (Å²) in [6.45, 7) is 11.4. The maximum absolute atomic E-state index is 11.8. The van der Waals surface area contributed by atoms with Gasteiger partial charge in [0.15, 0.2) is 0 Å². The van der Waals surface area contributed by atoms with Crippen LogP contribution in [0.2, 0.25) is 0 Å². The Bertz CT molecular complexity index is 294. The van der Waals surface area contributed by atoms with E-state index in [0.29, 0.717) is 25.0 Å². The molecule has 2 N–H and O–H groups in total. The summed E-state index contributed by atoms with van der Waals surface area (Å²) >= 11 is 0. The third kappa shape index (κ3) is 5.37.